The summed E-state index contributed by atoms with van der Waals surface area (Å²) < 4.78 is 5.64. The predicted octanol–water partition coefficient (Wildman–Crippen LogP) is 4.30. The molecule has 1 N–H and O–H groups in total. The number of hydrazine groups is 1. The van der Waals surface area contributed by atoms with E-state index in [1.807, 2.05) is 0 Å². The smallest absolute Gasteiger partial charge is 0.119 e. The van der Waals surface area contributed by atoms with Gasteiger partial charge in [-0.05, 0) is 57.7 Å². The Bertz CT molecular complexity index is 408. The van der Waals surface area contributed by atoms with Gasteiger partial charge in [0.2, 0.25) is 0 Å². The largest absolute Gasteiger partial charge is 0.494 e. The summed E-state index contributed by atoms with van der Waals surface area (Å²) in [6, 6.07) is 10.0. The number of benzene rings is 1. The molecule has 0 spiro atoms. The number of hydrogen-bond donors (Lipinski definition) is 1. The zero-order chi connectivity index (χ0) is 15.2. The van der Waals surface area contributed by atoms with Crippen LogP contribution in [0.15, 0.2) is 24.3 Å². The van der Waals surface area contributed by atoms with Crippen molar-refractivity contribution >= 4 is 0 Å². The number of hydrogen-bond acceptors (Lipinski definition) is 3. The lowest BCUT2D eigenvalue weighted by atomic mass is 9.99. The molecule has 1 aliphatic heterocycles. The van der Waals surface area contributed by atoms with Crippen LogP contribution < -0.4 is 10.2 Å². The molecule has 3 unspecified atom stereocenters. The molecule has 3 heteroatoms. The van der Waals surface area contributed by atoms with Gasteiger partial charge in [-0.15, -0.1) is 0 Å². The predicted molar refractivity (Wildman–Crippen MR) is 88.4 cm³/mol. The molecule has 2 rings (SSSR count). The van der Waals surface area contributed by atoms with Crippen molar-refractivity contribution < 1.29 is 4.74 Å². The lowest BCUT2D eigenvalue weighted by molar-refractivity contribution is 0.0320. The summed E-state index contributed by atoms with van der Waals surface area (Å²) in [4.78, 5) is 0. The number of rotatable bonds is 6. The molecule has 1 heterocycles. The van der Waals surface area contributed by atoms with Crippen LogP contribution in [0.5, 0.6) is 5.75 Å². The lowest BCUT2D eigenvalue weighted by Gasteiger charge is -2.41. The van der Waals surface area contributed by atoms with Crippen LogP contribution in [0.4, 0.5) is 0 Å². The fourth-order valence-corrected chi connectivity index (χ4v) is 3.05. The first-order chi connectivity index (χ1) is 10.1. The van der Waals surface area contributed by atoms with Crippen LogP contribution in [-0.2, 0) is 0 Å². The maximum Gasteiger partial charge on any atom is 0.119 e. The van der Waals surface area contributed by atoms with Crippen LogP contribution in [0.1, 0.15) is 65.0 Å². The average molecular weight is 290 g/mol. The van der Waals surface area contributed by atoms with E-state index in [1.165, 1.54) is 24.8 Å². The number of nitrogens with one attached hydrogen (secondary N) is 1. The topological polar surface area (TPSA) is 24.5 Å². The van der Waals surface area contributed by atoms with Crippen molar-refractivity contribution in [2.24, 2.45) is 0 Å². The highest BCUT2D eigenvalue weighted by molar-refractivity contribution is 5.28. The minimum atomic E-state index is 0.327. The zero-order valence-electron chi connectivity index (χ0n) is 13.9. The van der Waals surface area contributed by atoms with Crippen molar-refractivity contribution in [1.29, 1.82) is 0 Å². The molecule has 0 radical (unpaired) electrons. The highest BCUT2D eigenvalue weighted by Crippen LogP contribution is 2.24. The molecule has 1 aromatic rings. The van der Waals surface area contributed by atoms with Crippen LogP contribution in [0.25, 0.3) is 0 Å². The number of ether oxygens (including phenoxy) is 1. The van der Waals surface area contributed by atoms with Crippen molar-refractivity contribution in [2.75, 3.05) is 6.61 Å². The Balaban J connectivity index is 1.94. The summed E-state index contributed by atoms with van der Waals surface area (Å²) in [5, 5.41) is 2.44. The third kappa shape index (κ3) is 4.45. The van der Waals surface area contributed by atoms with E-state index >= 15 is 0 Å². The van der Waals surface area contributed by atoms with E-state index in [0.29, 0.717) is 18.1 Å². The van der Waals surface area contributed by atoms with Gasteiger partial charge in [-0.2, -0.15) is 0 Å². The van der Waals surface area contributed by atoms with Crippen LogP contribution in [-0.4, -0.2) is 23.7 Å². The molecule has 1 aliphatic rings. The second-order valence-electron chi connectivity index (χ2n) is 6.30. The Morgan fingerprint density at radius 3 is 2.38 bits per heavy atom. The summed E-state index contributed by atoms with van der Waals surface area (Å²) in [5.41, 5.74) is 5.00. The van der Waals surface area contributed by atoms with Gasteiger partial charge in [0, 0.05) is 18.1 Å². The highest BCUT2D eigenvalue weighted by Gasteiger charge is 2.25. The Morgan fingerprint density at radius 1 is 1.19 bits per heavy atom. The molecule has 1 aromatic carbocycles. The standard InChI is InChI=1S/C18H30N2O/c1-5-13-21-18-11-9-17(10-12-18)16(4)19-20-14(2)7-6-8-15(20)3/h9-12,14-16,19H,5-8,13H2,1-4H3. The van der Waals surface area contributed by atoms with Crippen LogP contribution in [0.3, 0.4) is 0 Å². The second kappa shape index (κ2) is 7.81. The molecule has 1 saturated heterocycles. The molecular weight excluding hydrogens is 260 g/mol. The normalized spacial score (nSPS) is 24.8. The van der Waals surface area contributed by atoms with Crippen molar-refractivity contribution in [1.82, 2.24) is 10.4 Å². The molecule has 1 fully saturated rings. The Labute approximate surface area is 129 Å². The monoisotopic (exact) mass is 290 g/mol. The lowest BCUT2D eigenvalue weighted by Crippen LogP contribution is -2.52. The van der Waals surface area contributed by atoms with E-state index in [4.69, 9.17) is 4.74 Å². The first kappa shape index (κ1) is 16.3. The minimum absolute atomic E-state index is 0.327. The van der Waals surface area contributed by atoms with Gasteiger partial charge in [-0.1, -0.05) is 25.5 Å². The molecule has 21 heavy (non-hydrogen) atoms. The summed E-state index contributed by atoms with van der Waals surface area (Å²) in [5.74, 6) is 0.965. The van der Waals surface area contributed by atoms with Crippen molar-refractivity contribution in [3.63, 3.8) is 0 Å². The first-order valence-electron chi connectivity index (χ1n) is 8.39. The van der Waals surface area contributed by atoms with E-state index in [2.05, 4.69) is 62.4 Å². The van der Waals surface area contributed by atoms with E-state index in [-0.39, 0.29) is 0 Å². The maximum absolute atomic E-state index is 5.64. The average Bonchev–Trinajstić information content (AvgIpc) is 2.49. The number of piperidine rings is 1. The van der Waals surface area contributed by atoms with Gasteiger partial charge in [-0.25, -0.2) is 10.4 Å². The van der Waals surface area contributed by atoms with Crippen LogP contribution in [0.2, 0.25) is 0 Å². The van der Waals surface area contributed by atoms with E-state index in [1.54, 1.807) is 0 Å². The van der Waals surface area contributed by atoms with Crippen LogP contribution in [0, 0.1) is 0 Å². The van der Waals surface area contributed by atoms with Crippen molar-refractivity contribution in [3.8, 4) is 5.75 Å². The number of nitrogens with zero attached hydrogens (tertiary/aromatic N) is 1. The Hall–Kier alpha value is -1.06. The van der Waals surface area contributed by atoms with Crippen molar-refractivity contribution in [3.05, 3.63) is 29.8 Å². The second-order valence-corrected chi connectivity index (χ2v) is 6.30. The highest BCUT2D eigenvalue weighted by atomic mass is 16.5. The van der Waals surface area contributed by atoms with Gasteiger partial charge in [0.25, 0.3) is 0 Å². The molecule has 0 saturated carbocycles. The van der Waals surface area contributed by atoms with Gasteiger partial charge in [-0.3, -0.25) is 0 Å². The van der Waals surface area contributed by atoms with Gasteiger partial charge < -0.3 is 4.74 Å². The minimum Gasteiger partial charge on any atom is -0.494 e. The fourth-order valence-electron chi connectivity index (χ4n) is 3.05. The molecule has 3 nitrogen and oxygen atoms in total. The van der Waals surface area contributed by atoms with Gasteiger partial charge >= 0.3 is 0 Å². The molecular formula is C18H30N2O. The summed E-state index contributed by atoms with van der Waals surface area (Å²) in [7, 11) is 0. The molecule has 3 atom stereocenters. The molecule has 0 aromatic heterocycles. The van der Waals surface area contributed by atoms with Gasteiger partial charge in [0.15, 0.2) is 0 Å². The quantitative estimate of drug-likeness (QED) is 0.845. The molecule has 0 aliphatic carbocycles. The zero-order valence-corrected chi connectivity index (χ0v) is 13.9. The Morgan fingerprint density at radius 2 is 1.81 bits per heavy atom. The third-order valence-corrected chi connectivity index (χ3v) is 4.39. The third-order valence-electron chi connectivity index (χ3n) is 4.39. The van der Waals surface area contributed by atoms with Crippen molar-refractivity contribution in [2.45, 2.75) is 71.5 Å². The molecule has 0 amide bonds. The van der Waals surface area contributed by atoms with E-state index in [9.17, 15) is 0 Å². The van der Waals surface area contributed by atoms with E-state index < -0.39 is 0 Å². The molecule has 118 valence electrons. The summed E-state index contributed by atoms with van der Waals surface area (Å²) in [6.45, 7) is 9.78. The first-order valence-corrected chi connectivity index (χ1v) is 8.39. The SMILES string of the molecule is CCCOc1ccc(C(C)NN2C(C)CCCC2C)cc1. The van der Waals surface area contributed by atoms with Crippen LogP contribution >= 0.6 is 0 Å². The van der Waals surface area contributed by atoms with E-state index in [0.717, 1.165) is 18.8 Å². The molecule has 0 bridgehead atoms. The van der Waals surface area contributed by atoms with Gasteiger partial charge in [0.1, 0.15) is 5.75 Å². The maximum atomic E-state index is 5.64. The van der Waals surface area contributed by atoms with Gasteiger partial charge in [0.05, 0.1) is 6.61 Å². The Kier molecular flexibility index (Phi) is 6.07. The summed E-state index contributed by atoms with van der Waals surface area (Å²) >= 11 is 0. The summed E-state index contributed by atoms with van der Waals surface area (Å²) in [6.07, 6.45) is 4.96. The fraction of sp³-hybridized carbons (Fsp3) is 0.667.